The maximum atomic E-state index is 14.5. The van der Waals surface area contributed by atoms with Crippen LogP contribution in [0.25, 0.3) is 23.3 Å². The Morgan fingerprint density at radius 1 is 0.698 bits per heavy atom. The van der Waals surface area contributed by atoms with Gasteiger partial charge in [0.1, 0.15) is 12.6 Å². The normalized spacial score (nSPS) is 16.0. The smallest absolute Gasteiger partial charge is 0.407 e. The number of hydrogen-bond acceptors (Lipinski definition) is 4. The lowest BCUT2D eigenvalue weighted by molar-refractivity contribution is -0.133. The maximum absolute atomic E-state index is 14.5. The van der Waals surface area contributed by atoms with E-state index in [1.54, 1.807) is 53.5 Å². The largest absolute Gasteiger partial charge is 0.449 e. The van der Waals surface area contributed by atoms with Gasteiger partial charge in [0.05, 0.1) is 20.1 Å². The summed E-state index contributed by atoms with van der Waals surface area (Å²) in [5.74, 6) is -0.766. The van der Waals surface area contributed by atoms with E-state index in [9.17, 15) is 14.4 Å². The molecule has 1 heterocycles. The summed E-state index contributed by atoms with van der Waals surface area (Å²) in [7, 11) is 0. The second-order valence-corrected chi connectivity index (χ2v) is 14.6. The maximum Gasteiger partial charge on any atom is 0.407 e. The molecule has 0 spiro atoms. The Morgan fingerprint density at radius 3 is 1.74 bits per heavy atom. The Labute approximate surface area is 327 Å². The third-order valence-electron chi connectivity index (χ3n) is 9.40. The molecule has 53 heavy (non-hydrogen) atoms. The van der Waals surface area contributed by atoms with E-state index in [0.29, 0.717) is 42.4 Å². The highest BCUT2D eigenvalue weighted by molar-refractivity contribution is 6.42. The molecule has 1 atom stereocenters. The second-order valence-electron chi connectivity index (χ2n) is 12.9. The van der Waals surface area contributed by atoms with E-state index in [0.717, 1.165) is 27.8 Å². The Morgan fingerprint density at radius 2 is 1.21 bits per heavy atom. The first-order valence-corrected chi connectivity index (χ1v) is 18.5. The van der Waals surface area contributed by atoms with Crippen molar-refractivity contribution in [1.82, 2.24) is 10.2 Å². The molecule has 1 saturated heterocycles. The zero-order valence-corrected chi connectivity index (χ0v) is 31.2. The predicted octanol–water partition coefficient (Wildman–Crippen LogP) is 10.3. The van der Waals surface area contributed by atoms with Crippen molar-refractivity contribution in [2.24, 2.45) is 0 Å². The average Bonchev–Trinajstić information content (AvgIpc) is 3.48. The zero-order valence-electron chi connectivity index (χ0n) is 28.2. The van der Waals surface area contributed by atoms with Crippen LogP contribution in [0.15, 0.2) is 126 Å². The quantitative estimate of drug-likeness (QED) is 0.159. The Bertz CT molecular complexity index is 2170. The summed E-state index contributed by atoms with van der Waals surface area (Å²) in [5, 5.41) is 4.28. The van der Waals surface area contributed by atoms with Crippen molar-refractivity contribution >= 4 is 76.3 Å². The summed E-state index contributed by atoms with van der Waals surface area (Å²) in [6.45, 7) is 0.0833. The number of ether oxygens (including phenoxy) is 1. The third-order valence-corrected chi connectivity index (χ3v) is 10.9. The molecule has 6 nitrogen and oxygen atoms in total. The minimum atomic E-state index is -1.00. The van der Waals surface area contributed by atoms with Crippen molar-refractivity contribution < 1.29 is 19.1 Å². The highest BCUT2D eigenvalue weighted by Gasteiger charge is 2.35. The van der Waals surface area contributed by atoms with Crippen LogP contribution in [0.1, 0.15) is 33.7 Å². The number of rotatable bonds is 8. The van der Waals surface area contributed by atoms with Crippen molar-refractivity contribution in [3.63, 3.8) is 0 Å². The first-order chi connectivity index (χ1) is 25.6. The molecule has 0 radical (unpaired) electrons. The number of hydrogen-bond donors (Lipinski definition) is 1. The van der Waals surface area contributed by atoms with Gasteiger partial charge in [-0.05, 0) is 75.4 Å². The van der Waals surface area contributed by atoms with Gasteiger partial charge in [0.2, 0.25) is 5.91 Å². The van der Waals surface area contributed by atoms with Crippen LogP contribution in [0.5, 0.6) is 0 Å². The summed E-state index contributed by atoms with van der Waals surface area (Å²) in [4.78, 5) is 43.6. The molecule has 7 rings (SSSR count). The molecule has 266 valence electrons. The number of halogens is 4. The number of alkyl carbamates (subject to hydrolysis) is 1. The van der Waals surface area contributed by atoms with Gasteiger partial charge in [-0.3, -0.25) is 9.59 Å². The fraction of sp³-hybridized carbons (Fsp3) is 0.140. The van der Waals surface area contributed by atoms with Gasteiger partial charge >= 0.3 is 6.09 Å². The number of fused-ring (bicyclic) bond motifs is 3. The molecule has 2 amide bonds. The summed E-state index contributed by atoms with van der Waals surface area (Å²) >= 11 is 24.9. The lowest BCUT2D eigenvalue weighted by Gasteiger charge is -2.33. The van der Waals surface area contributed by atoms with Crippen LogP contribution in [0.2, 0.25) is 20.1 Å². The molecule has 1 fully saturated rings. The van der Waals surface area contributed by atoms with Crippen LogP contribution in [0.4, 0.5) is 4.79 Å². The van der Waals surface area contributed by atoms with Crippen molar-refractivity contribution in [3.05, 3.63) is 174 Å². The highest BCUT2D eigenvalue weighted by atomic mass is 35.5. The first kappa shape index (κ1) is 36.5. The van der Waals surface area contributed by atoms with Crippen LogP contribution >= 0.6 is 46.4 Å². The number of ketones is 1. The van der Waals surface area contributed by atoms with E-state index in [2.05, 4.69) is 17.4 Å². The number of nitrogens with zero attached hydrogens (tertiary/aromatic N) is 1. The number of amides is 2. The van der Waals surface area contributed by atoms with Crippen molar-refractivity contribution in [1.29, 1.82) is 0 Å². The molecule has 0 saturated carbocycles. The number of carbonyl (C=O) groups is 3. The Kier molecular flexibility index (Phi) is 11.0. The van der Waals surface area contributed by atoms with Gasteiger partial charge in [0.15, 0.2) is 5.78 Å². The topological polar surface area (TPSA) is 75.7 Å². The molecule has 2 aliphatic rings. The fourth-order valence-electron chi connectivity index (χ4n) is 6.85. The molecule has 5 aromatic rings. The summed E-state index contributed by atoms with van der Waals surface area (Å²) in [6.07, 6.45) is 2.87. The van der Waals surface area contributed by atoms with E-state index in [-0.39, 0.29) is 43.7 Å². The van der Waals surface area contributed by atoms with Crippen molar-refractivity contribution in [2.45, 2.75) is 18.4 Å². The molecule has 10 heteroatoms. The van der Waals surface area contributed by atoms with Gasteiger partial charge in [-0.25, -0.2) is 4.79 Å². The zero-order chi connectivity index (χ0) is 37.1. The lowest BCUT2D eigenvalue weighted by Crippen LogP contribution is -2.53. The number of Topliss-reactive ketones (excluding diaryl/α,β-unsaturated/α-hetero) is 1. The number of piperidine rings is 1. The molecule has 0 aromatic heterocycles. The standard InChI is InChI=1S/C43H32Cl4N2O4/c44-36-16-14-27(20-38(36)46)18-29-23-49(24-30(41(29)50)19-28-15-17-37(45)39(47)21-28)42(51)40(22-26-8-2-1-3-9-26)48-43(52)53-25-35-33-12-6-4-10-31(33)32-11-5-7-13-34(32)35/h1-21,35,40H,22-25H2,(H,48,52)/b29-18+,30-19+/t40-/m0/s1. The Hall–Kier alpha value is -4.85. The second kappa shape index (κ2) is 16.0. The molecule has 1 aliphatic carbocycles. The van der Waals surface area contributed by atoms with Crippen LogP contribution in [0.3, 0.4) is 0 Å². The number of nitrogens with one attached hydrogen (secondary N) is 1. The van der Waals surface area contributed by atoms with Gasteiger partial charge in [-0.2, -0.15) is 0 Å². The molecule has 1 aliphatic heterocycles. The van der Waals surface area contributed by atoms with Gasteiger partial charge < -0.3 is 15.0 Å². The Balaban J connectivity index is 1.17. The number of carbonyl (C=O) groups excluding carboxylic acids is 3. The van der Waals surface area contributed by atoms with Crippen LogP contribution < -0.4 is 5.32 Å². The summed E-state index contributed by atoms with van der Waals surface area (Å²) < 4.78 is 5.86. The monoisotopic (exact) mass is 780 g/mol. The molecule has 1 N–H and O–H groups in total. The molecular weight excluding hydrogens is 750 g/mol. The van der Waals surface area contributed by atoms with E-state index >= 15 is 0 Å². The minimum Gasteiger partial charge on any atom is -0.449 e. The molecule has 5 aromatic carbocycles. The van der Waals surface area contributed by atoms with Crippen molar-refractivity contribution in [3.8, 4) is 11.1 Å². The van der Waals surface area contributed by atoms with Gasteiger partial charge in [-0.15, -0.1) is 0 Å². The van der Waals surface area contributed by atoms with E-state index in [1.165, 1.54) is 0 Å². The van der Waals surface area contributed by atoms with E-state index < -0.39 is 12.1 Å². The first-order valence-electron chi connectivity index (χ1n) is 16.9. The number of benzene rings is 5. The van der Waals surface area contributed by atoms with E-state index in [1.807, 2.05) is 66.7 Å². The van der Waals surface area contributed by atoms with Gasteiger partial charge in [0, 0.05) is 36.6 Å². The van der Waals surface area contributed by atoms with Crippen molar-refractivity contribution in [2.75, 3.05) is 19.7 Å². The summed E-state index contributed by atoms with van der Waals surface area (Å²) in [6, 6.07) is 34.7. The van der Waals surface area contributed by atoms with Gasteiger partial charge in [-0.1, -0.05) is 137 Å². The molecule has 0 bridgehead atoms. The SMILES string of the molecule is O=C(N[C@@H](Cc1ccccc1)C(=O)N1C/C(=C\c2ccc(Cl)c(Cl)c2)C(=O)/C(=C/c2ccc(Cl)c(Cl)c2)C1)OCC1c2ccccc2-c2ccccc21. The number of likely N-dealkylation sites (tertiary alicyclic amines) is 1. The highest BCUT2D eigenvalue weighted by Crippen LogP contribution is 2.44. The van der Waals surface area contributed by atoms with Gasteiger partial charge in [0.25, 0.3) is 0 Å². The average molecular weight is 783 g/mol. The molecular formula is C43H32Cl4N2O4. The lowest BCUT2D eigenvalue weighted by atomic mass is 9.93. The van der Waals surface area contributed by atoms with Crippen LogP contribution in [0, 0.1) is 0 Å². The summed E-state index contributed by atoms with van der Waals surface area (Å²) in [5.41, 5.74) is 7.23. The fourth-order valence-corrected chi connectivity index (χ4v) is 7.47. The van der Waals surface area contributed by atoms with Crippen LogP contribution in [-0.4, -0.2) is 48.4 Å². The predicted molar refractivity (Wildman–Crippen MR) is 213 cm³/mol. The van der Waals surface area contributed by atoms with Crippen LogP contribution in [-0.2, 0) is 20.7 Å². The van der Waals surface area contributed by atoms with E-state index in [4.69, 9.17) is 51.1 Å². The molecule has 0 unspecified atom stereocenters. The third kappa shape index (κ3) is 8.22. The minimum absolute atomic E-state index is 0.00567.